The number of nitrogens with one attached hydrogen (secondary N) is 1. The highest BCUT2D eigenvalue weighted by molar-refractivity contribution is 7.13. The molecule has 4 heterocycles. The van der Waals surface area contributed by atoms with Gasteiger partial charge < -0.3 is 5.32 Å². The molecule has 0 radical (unpaired) electrons. The van der Waals surface area contributed by atoms with Crippen LogP contribution in [0.2, 0.25) is 0 Å². The lowest BCUT2D eigenvalue weighted by Crippen LogP contribution is -2.42. The van der Waals surface area contributed by atoms with Gasteiger partial charge in [-0.05, 0) is 38.1 Å². The van der Waals surface area contributed by atoms with Crippen molar-refractivity contribution in [1.29, 1.82) is 0 Å². The molecular formula is C20H21F2N5OS. The van der Waals surface area contributed by atoms with E-state index in [2.05, 4.69) is 20.3 Å². The molecule has 3 aromatic heterocycles. The van der Waals surface area contributed by atoms with E-state index in [9.17, 15) is 13.6 Å². The summed E-state index contributed by atoms with van der Waals surface area (Å²) in [5.74, 6) is -2.56. The van der Waals surface area contributed by atoms with Crippen LogP contribution in [0.1, 0.15) is 19.8 Å². The molecule has 29 heavy (non-hydrogen) atoms. The predicted octanol–water partition coefficient (Wildman–Crippen LogP) is 4.06. The number of thiazole rings is 1. The number of amides is 1. The van der Waals surface area contributed by atoms with Gasteiger partial charge in [-0.1, -0.05) is 0 Å². The lowest BCUT2D eigenvalue weighted by molar-refractivity contribution is -0.121. The van der Waals surface area contributed by atoms with Crippen molar-refractivity contribution in [3.8, 4) is 10.4 Å². The largest absolute Gasteiger partial charge is 0.310 e. The van der Waals surface area contributed by atoms with E-state index in [0.29, 0.717) is 31.7 Å². The van der Waals surface area contributed by atoms with Gasteiger partial charge in [-0.3, -0.25) is 19.7 Å². The molecule has 152 valence electrons. The Bertz CT molecular complexity index is 998. The van der Waals surface area contributed by atoms with Crippen LogP contribution in [-0.4, -0.2) is 51.3 Å². The first-order valence-corrected chi connectivity index (χ1v) is 10.3. The van der Waals surface area contributed by atoms with E-state index in [4.69, 9.17) is 0 Å². The van der Waals surface area contributed by atoms with Gasteiger partial charge in [0.25, 0.3) is 5.92 Å². The third kappa shape index (κ3) is 4.91. The third-order valence-corrected chi connectivity index (χ3v) is 5.82. The average molecular weight is 417 g/mol. The number of likely N-dealkylation sites (tertiary alicyclic amines) is 1. The lowest BCUT2D eigenvalue weighted by atomic mass is 9.95. The van der Waals surface area contributed by atoms with E-state index in [-0.39, 0.29) is 18.4 Å². The van der Waals surface area contributed by atoms with E-state index >= 15 is 0 Å². The van der Waals surface area contributed by atoms with Gasteiger partial charge in [-0.25, -0.2) is 13.8 Å². The molecule has 1 aliphatic rings. The fourth-order valence-electron chi connectivity index (χ4n) is 3.57. The Morgan fingerprint density at radius 1 is 1.24 bits per heavy atom. The zero-order chi connectivity index (χ0) is 20.4. The van der Waals surface area contributed by atoms with Gasteiger partial charge in [0, 0.05) is 36.2 Å². The third-order valence-electron chi connectivity index (χ3n) is 5.00. The van der Waals surface area contributed by atoms with Crippen LogP contribution >= 0.6 is 11.3 Å². The van der Waals surface area contributed by atoms with E-state index in [1.807, 2.05) is 6.07 Å². The number of nitrogens with zero attached hydrogens (tertiary/aromatic N) is 4. The Kier molecular flexibility index (Phi) is 5.51. The fourth-order valence-corrected chi connectivity index (χ4v) is 4.17. The number of piperidine rings is 1. The summed E-state index contributed by atoms with van der Waals surface area (Å²) in [6.45, 7) is 1.65. The van der Waals surface area contributed by atoms with Crippen molar-refractivity contribution in [2.24, 2.45) is 5.92 Å². The van der Waals surface area contributed by atoms with Gasteiger partial charge in [-0.15, -0.1) is 11.3 Å². The molecule has 1 N–H and O–H groups in total. The number of hydrogen-bond donors (Lipinski definition) is 1. The van der Waals surface area contributed by atoms with E-state index in [1.54, 1.807) is 35.1 Å². The number of rotatable bonds is 5. The van der Waals surface area contributed by atoms with Crippen LogP contribution in [0.3, 0.4) is 0 Å². The molecule has 0 aromatic carbocycles. The summed E-state index contributed by atoms with van der Waals surface area (Å²) in [4.78, 5) is 28.1. The van der Waals surface area contributed by atoms with Gasteiger partial charge in [0.1, 0.15) is 5.82 Å². The Hall–Kier alpha value is -2.52. The van der Waals surface area contributed by atoms with Crippen LogP contribution < -0.4 is 5.32 Å². The maximum absolute atomic E-state index is 13.2. The second kappa shape index (κ2) is 8.08. The van der Waals surface area contributed by atoms with Crippen molar-refractivity contribution in [3.63, 3.8) is 0 Å². The number of hydrogen-bond acceptors (Lipinski definition) is 6. The van der Waals surface area contributed by atoms with Crippen LogP contribution in [-0.2, 0) is 4.79 Å². The Morgan fingerprint density at radius 2 is 2.03 bits per heavy atom. The van der Waals surface area contributed by atoms with Crippen molar-refractivity contribution in [1.82, 2.24) is 19.9 Å². The van der Waals surface area contributed by atoms with Crippen LogP contribution in [0, 0.1) is 5.92 Å². The van der Waals surface area contributed by atoms with Gasteiger partial charge in [0.05, 0.1) is 28.6 Å². The standard InChI is InChI=1S/C20H21F2N5OS/c1-20(21,22)11-27-4-2-13(3-5-27)19(28)26-18-7-14-6-15(17-10-23-12-29-17)8-24-16(14)9-25-18/h6-10,12-13H,2-5,11H2,1H3,(H,25,26,28). The number of anilines is 1. The molecule has 0 aliphatic carbocycles. The average Bonchev–Trinajstić information content (AvgIpc) is 3.21. The molecule has 0 unspecified atom stereocenters. The zero-order valence-corrected chi connectivity index (χ0v) is 16.8. The quantitative estimate of drug-likeness (QED) is 0.678. The van der Waals surface area contributed by atoms with Crippen molar-refractivity contribution in [3.05, 3.63) is 36.2 Å². The monoisotopic (exact) mass is 417 g/mol. The fraction of sp³-hybridized carbons (Fsp3) is 0.400. The molecule has 6 nitrogen and oxygen atoms in total. The topological polar surface area (TPSA) is 71.0 Å². The second-order valence-corrected chi connectivity index (χ2v) is 8.35. The molecule has 0 atom stereocenters. The Morgan fingerprint density at radius 3 is 2.72 bits per heavy atom. The maximum atomic E-state index is 13.2. The minimum absolute atomic E-state index is 0.119. The summed E-state index contributed by atoms with van der Waals surface area (Å²) >= 11 is 1.53. The highest BCUT2D eigenvalue weighted by Crippen LogP contribution is 2.27. The van der Waals surface area contributed by atoms with E-state index < -0.39 is 5.92 Å². The molecule has 0 saturated carbocycles. The van der Waals surface area contributed by atoms with Crippen molar-refractivity contribution in [2.45, 2.75) is 25.7 Å². The minimum atomic E-state index is -2.71. The molecule has 4 rings (SSSR count). The minimum Gasteiger partial charge on any atom is -0.310 e. The first kappa shape index (κ1) is 19.8. The first-order chi connectivity index (χ1) is 13.9. The molecule has 0 bridgehead atoms. The second-order valence-electron chi connectivity index (χ2n) is 7.46. The zero-order valence-electron chi connectivity index (χ0n) is 15.9. The SMILES string of the molecule is CC(F)(F)CN1CCC(C(=O)Nc2cc3cc(-c4cncs4)cnc3cn2)CC1. The van der Waals surface area contributed by atoms with Gasteiger partial charge in [-0.2, -0.15) is 0 Å². The molecule has 1 aliphatic heterocycles. The Labute approximate surface area is 171 Å². The van der Waals surface area contributed by atoms with Crippen molar-refractivity contribution in [2.75, 3.05) is 25.0 Å². The van der Waals surface area contributed by atoms with Gasteiger partial charge >= 0.3 is 0 Å². The number of aromatic nitrogens is 3. The lowest BCUT2D eigenvalue weighted by Gasteiger charge is -2.32. The number of carbonyl (C=O) groups is 1. The molecule has 1 saturated heterocycles. The molecule has 9 heteroatoms. The first-order valence-electron chi connectivity index (χ1n) is 9.43. The normalized spacial score (nSPS) is 16.2. The van der Waals surface area contributed by atoms with Crippen molar-refractivity contribution >= 4 is 34.0 Å². The molecular weight excluding hydrogens is 396 g/mol. The summed E-state index contributed by atoms with van der Waals surface area (Å²) in [6.07, 6.45) is 6.33. The van der Waals surface area contributed by atoms with Crippen molar-refractivity contribution < 1.29 is 13.6 Å². The smallest absolute Gasteiger partial charge is 0.257 e. The van der Waals surface area contributed by atoms with Gasteiger partial charge in [0.15, 0.2) is 0 Å². The summed E-state index contributed by atoms with van der Waals surface area (Å²) < 4.78 is 26.3. The molecule has 1 fully saturated rings. The number of pyridine rings is 2. The van der Waals surface area contributed by atoms with Crippen LogP contribution in [0.5, 0.6) is 0 Å². The van der Waals surface area contributed by atoms with E-state index in [1.165, 1.54) is 11.3 Å². The predicted molar refractivity (Wildman–Crippen MR) is 109 cm³/mol. The van der Waals surface area contributed by atoms with Gasteiger partial charge in [0.2, 0.25) is 5.91 Å². The summed E-state index contributed by atoms with van der Waals surface area (Å²) in [5, 5.41) is 3.74. The highest BCUT2D eigenvalue weighted by atomic mass is 32.1. The number of halogens is 2. The van der Waals surface area contributed by atoms with Crippen LogP contribution in [0.4, 0.5) is 14.6 Å². The highest BCUT2D eigenvalue weighted by Gasteiger charge is 2.30. The van der Waals surface area contributed by atoms with Crippen LogP contribution in [0.15, 0.2) is 36.2 Å². The number of fused-ring (bicyclic) bond motifs is 1. The molecule has 0 spiro atoms. The Balaban J connectivity index is 1.42. The molecule has 3 aromatic rings. The summed E-state index contributed by atoms with van der Waals surface area (Å²) in [5.41, 5.74) is 3.47. The maximum Gasteiger partial charge on any atom is 0.257 e. The number of carbonyl (C=O) groups excluding carboxylic acids is 1. The number of alkyl halides is 2. The molecule has 1 amide bonds. The summed E-state index contributed by atoms with van der Waals surface area (Å²) in [7, 11) is 0. The van der Waals surface area contributed by atoms with E-state index in [0.717, 1.165) is 28.3 Å². The summed E-state index contributed by atoms with van der Waals surface area (Å²) in [6, 6.07) is 3.80. The van der Waals surface area contributed by atoms with Crippen LogP contribution in [0.25, 0.3) is 21.3 Å².